The van der Waals surface area contributed by atoms with Gasteiger partial charge in [-0.3, -0.25) is 9.80 Å². The van der Waals surface area contributed by atoms with Gasteiger partial charge in [-0.1, -0.05) is 0 Å². The van der Waals surface area contributed by atoms with E-state index in [-0.39, 0.29) is 0 Å². The number of aliphatic hydroxyl groups is 1. The normalized spacial score (nSPS) is 12.4. The van der Waals surface area contributed by atoms with Crippen molar-refractivity contribution < 1.29 is 5.11 Å². The molecule has 0 atom stereocenters. The Kier molecular flexibility index (Phi) is 9.33. The van der Waals surface area contributed by atoms with Crippen LogP contribution in [0.5, 0.6) is 0 Å². The van der Waals surface area contributed by atoms with E-state index in [4.69, 9.17) is 19.9 Å². The minimum absolute atomic E-state index is 0.401. The molecule has 8 aromatic rings. The van der Waals surface area contributed by atoms with Crippen LogP contribution in [0.1, 0.15) is 67.8 Å². The van der Waals surface area contributed by atoms with E-state index in [0.29, 0.717) is 39.3 Å². The summed E-state index contributed by atoms with van der Waals surface area (Å²) in [5.74, 6) is 3.40. The van der Waals surface area contributed by atoms with Gasteiger partial charge in [0.1, 0.15) is 23.3 Å². The number of fused-ring (bicyclic) bond motifs is 4. The van der Waals surface area contributed by atoms with Gasteiger partial charge in [-0.15, -0.1) is 0 Å². The standard InChI is InChI=1S/C43H50N10O/c1-23-9-32-33(10-24(23)2)45-40(44-32)19-52(20-41-46-34-11-25(3)26(4)12-35(34)47-41)17-31(54)18-53(21-42-48-36-13-27(5)28(6)14-37(36)49-42)22-43-50-38-15-29(7)30(8)16-39(38)51-43/h9-16,31,54H,17-22H2,1-8H3,(H,44,45)(H,46,47)(H,48,49)(H,50,51). The maximum atomic E-state index is 11.9. The van der Waals surface area contributed by atoms with E-state index >= 15 is 0 Å². The molecule has 0 saturated heterocycles. The van der Waals surface area contributed by atoms with E-state index in [1.807, 2.05) is 0 Å². The summed E-state index contributed by atoms with van der Waals surface area (Å²) in [6.45, 7) is 19.8. The second-order valence-electron chi connectivity index (χ2n) is 15.5. The fraction of sp³-hybridized carbons (Fsp3) is 0.349. The topological polar surface area (TPSA) is 141 Å². The van der Waals surface area contributed by atoms with E-state index in [1.165, 1.54) is 44.5 Å². The van der Waals surface area contributed by atoms with Crippen molar-refractivity contribution in [2.24, 2.45) is 0 Å². The first-order valence-corrected chi connectivity index (χ1v) is 18.8. The third-order valence-corrected chi connectivity index (χ3v) is 11.0. The third-order valence-electron chi connectivity index (χ3n) is 11.0. The Bertz CT molecular complexity index is 2140. The highest BCUT2D eigenvalue weighted by Crippen LogP contribution is 2.23. The van der Waals surface area contributed by atoms with Crippen molar-refractivity contribution in [2.45, 2.75) is 87.7 Å². The number of hydrogen-bond acceptors (Lipinski definition) is 7. The van der Waals surface area contributed by atoms with Crippen LogP contribution < -0.4 is 0 Å². The number of aromatic amines is 4. The zero-order valence-electron chi connectivity index (χ0n) is 32.6. The van der Waals surface area contributed by atoms with Crippen molar-refractivity contribution in [1.82, 2.24) is 49.7 Å². The van der Waals surface area contributed by atoms with Crippen LogP contribution in [0, 0.1) is 55.4 Å². The molecule has 0 amide bonds. The Hall–Kier alpha value is -5.36. The first-order valence-electron chi connectivity index (χ1n) is 18.8. The van der Waals surface area contributed by atoms with Gasteiger partial charge in [0.15, 0.2) is 0 Å². The molecule has 8 rings (SSSR count). The number of nitrogens with zero attached hydrogens (tertiary/aromatic N) is 6. The van der Waals surface area contributed by atoms with Crippen LogP contribution in [0.3, 0.4) is 0 Å². The van der Waals surface area contributed by atoms with E-state index in [9.17, 15) is 5.11 Å². The fourth-order valence-corrected chi connectivity index (χ4v) is 7.46. The van der Waals surface area contributed by atoms with Gasteiger partial charge in [-0.05, 0) is 148 Å². The van der Waals surface area contributed by atoms with Crippen LogP contribution >= 0.6 is 0 Å². The van der Waals surface area contributed by atoms with Gasteiger partial charge in [-0.25, -0.2) is 19.9 Å². The second kappa shape index (κ2) is 14.1. The number of benzene rings is 4. The Balaban J connectivity index is 1.08. The molecule has 54 heavy (non-hydrogen) atoms. The molecule has 0 unspecified atom stereocenters. The largest absolute Gasteiger partial charge is 0.390 e. The molecule has 0 aliphatic rings. The molecule has 4 aromatic heterocycles. The summed E-state index contributed by atoms with van der Waals surface area (Å²) in [5, 5.41) is 11.9. The number of rotatable bonds is 12. The van der Waals surface area contributed by atoms with Gasteiger partial charge in [0.05, 0.1) is 76.4 Å². The van der Waals surface area contributed by atoms with Crippen molar-refractivity contribution in [1.29, 1.82) is 0 Å². The lowest BCUT2D eigenvalue weighted by molar-refractivity contribution is 0.0602. The lowest BCUT2D eigenvalue weighted by atomic mass is 10.1. The minimum Gasteiger partial charge on any atom is -0.390 e. The fourth-order valence-electron chi connectivity index (χ4n) is 7.46. The number of H-pyrrole nitrogens is 4. The van der Waals surface area contributed by atoms with E-state index in [0.717, 1.165) is 67.4 Å². The molecule has 5 N–H and O–H groups in total. The number of aryl methyl sites for hydroxylation is 8. The molecule has 0 spiro atoms. The maximum Gasteiger partial charge on any atom is 0.121 e. The predicted octanol–water partition coefficient (Wildman–Crippen LogP) is 7.72. The third kappa shape index (κ3) is 7.39. The second-order valence-corrected chi connectivity index (χ2v) is 15.5. The number of imidazole rings is 4. The Morgan fingerprint density at radius 1 is 0.407 bits per heavy atom. The van der Waals surface area contributed by atoms with Gasteiger partial charge in [0.2, 0.25) is 0 Å². The molecule has 0 bridgehead atoms. The molecule has 0 aliphatic heterocycles. The van der Waals surface area contributed by atoms with Crippen LogP contribution in [0.25, 0.3) is 44.1 Å². The number of hydrogen-bond donors (Lipinski definition) is 5. The SMILES string of the molecule is Cc1cc2nc(CN(Cc3nc4cc(C)c(C)cc4[nH]3)CC(O)CN(Cc3nc4cc(C)c(C)cc4[nH]3)Cc3nc4cc(C)c(C)cc4[nH]3)[nH]c2cc1C. The van der Waals surface area contributed by atoms with Crippen LogP contribution in [0.2, 0.25) is 0 Å². The van der Waals surface area contributed by atoms with Crippen molar-refractivity contribution in [3.63, 3.8) is 0 Å². The van der Waals surface area contributed by atoms with Crippen LogP contribution in [-0.2, 0) is 26.2 Å². The molecule has 11 heteroatoms. The van der Waals surface area contributed by atoms with E-state index in [2.05, 4.69) is 134 Å². The van der Waals surface area contributed by atoms with E-state index in [1.54, 1.807) is 0 Å². The Morgan fingerprint density at radius 3 is 0.870 bits per heavy atom. The van der Waals surface area contributed by atoms with Crippen LogP contribution in [-0.4, -0.2) is 74.0 Å². The minimum atomic E-state index is -0.699. The molecule has 278 valence electrons. The summed E-state index contributed by atoms with van der Waals surface area (Å²) in [5.41, 5.74) is 17.6. The van der Waals surface area contributed by atoms with Gasteiger partial charge >= 0.3 is 0 Å². The zero-order chi connectivity index (χ0) is 37.8. The monoisotopic (exact) mass is 722 g/mol. The number of aliphatic hydroxyl groups excluding tert-OH is 1. The average molecular weight is 723 g/mol. The average Bonchev–Trinajstić information content (AvgIpc) is 3.87. The van der Waals surface area contributed by atoms with Crippen molar-refractivity contribution >= 4 is 44.1 Å². The maximum absolute atomic E-state index is 11.9. The summed E-state index contributed by atoms with van der Waals surface area (Å²) >= 11 is 0. The molecule has 0 fully saturated rings. The Morgan fingerprint density at radius 2 is 0.630 bits per heavy atom. The van der Waals surface area contributed by atoms with Gasteiger partial charge < -0.3 is 25.0 Å². The lowest BCUT2D eigenvalue weighted by Crippen LogP contribution is -2.40. The van der Waals surface area contributed by atoms with Crippen molar-refractivity contribution in [2.75, 3.05) is 13.1 Å². The summed E-state index contributed by atoms with van der Waals surface area (Å²) in [7, 11) is 0. The molecule has 0 aliphatic carbocycles. The smallest absolute Gasteiger partial charge is 0.121 e. The predicted molar refractivity (Wildman–Crippen MR) is 217 cm³/mol. The molecular formula is C43H50N10O. The first kappa shape index (κ1) is 35.7. The first-order chi connectivity index (χ1) is 25.8. The summed E-state index contributed by atoms with van der Waals surface area (Å²) in [6, 6.07) is 17.2. The number of nitrogens with one attached hydrogen (secondary N) is 4. The van der Waals surface area contributed by atoms with E-state index < -0.39 is 6.10 Å². The highest BCUT2D eigenvalue weighted by atomic mass is 16.3. The molecule has 0 radical (unpaired) electrons. The van der Waals surface area contributed by atoms with Crippen molar-refractivity contribution in [3.8, 4) is 0 Å². The highest BCUT2D eigenvalue weighted by molar-refractivity contribution is 5.79. The van der Waals surface area contributed by atoms with Crippen LogP contribution in [0.4, 0.5) is 0 Å². The van der Waals surface area contributed by atoms with Crippen LogP contribution in [0.15, 0.2) is 48.5 Å². The zero-order valence-corrected chi connectivity index (χ0v) is 32.6. The van der Waals surface area contributed by atoms with Gasteiger partial charge in [0.25, 0.3) is 0 Å². The quantitative estimate of drug-likeness (QED) is 0.0870. The highest BCUT2D eigenvalue weighted by Gasteiger charge is 2.22. The number of aromatic nitrogens is 8. The molecule has 11 nitrogen and oxygen atoms in total. The summed E-state index contributed by atoms with van der Waals surface area (Å²) in [6.07, 6.45) is -0.699. The lowest BCUT2D eigenvalue weighted by Gasteiger charge is -2.27. The summed E-state index contributed by atoms with van der Waals surface area (Å²) in [4.78, 5) is 38.5. The summed E-state index contributed by atoms with van der Waals surface area (Å²) < 4.78 is 0. The molecular weight excluding hydrogens is 673 g/mol. The van der Waals surface area contributed by atoms with Gasteiger partial charge in [0, 0.05) is 13.1 Å². The van der Waals surface area contributed by atoms with Crippen molar-refractivity contribution in [3.05, 3.63) is 116 Å². The molecule has 0 saturated carbocycles. The Labute approximate surface area is 315 Å². The molecule has 4 aromatic carbocycles. The van der Waals surface area contributed by atoms with Gasteiger partial charge in [-0.2, -0.15) is 0 Å². The molecule has 4 heterocycles.